The van der Waals surface area contributed by atoms with E-state index in [0.29, 0.717) is 44.1 Å². The Bertz CT molecular complexity index is 1410. The summed E-state index contributed by atoms with van der Waals surface area (Å²) < 4.78 is 8.51. The van der Waals surface area contributed by atoms with E-state index in [2.05, 4.69) is 0 Å². The number of carbonyl (C=O) groups is 3. The minimum Gasteiger partial charge on any atom is -0.550 e. The summed E-state index contributed by atoms with van der Waals surface area (Å²) in [7, 11) is 3.37. The van der Waals surface area contributed by atoms with E-state index in [-0.39, 0.29) is 12.3 Å². The van der Waals surface area contributed by atoms with Crippen molar-refractivity contribution in [1.82, 2.24) is 4.57 Å². The van der Waals surface area contributed by atoms with E-state index in [1.54, 1.807) is 72.3 Å². The molecule has 0 saturated carbocycles. The zero-order valence-electron chi connectivity index (χ0n) is 19.4. The van der Waals surface area contributed by atoms with Gasteiger partial charge in [-0.25, -0.2) is 4.57 Å². The van der Waals surface area contributed by atoms with E-state index in [1.807, 2.05) is 13.2 Å². The second kappa shape index (κ2) is 10.8. The molecule has 0 aliphatic carbocycles. The van der Waals surface area contributed by atoms with Crippen LogP contribution >= 0.6 is 11.6 Å². The molecule has 1 amide bonds. The fraction of sp³-hybridized carbons (Fsp3) is 0.154. The van der Waals surface area contributed by atoms with Gasteiger partial charge in [-0.1, -0.05) is 11.6 Å². The number of carboxylic acids is 1. The summed E-state index contributed by atoms with van der Waals surface area (Å²) in [5.74, 6) is -1.27. The third-order valence-electron chi connectivity index (χ3n) is 5.38. The maximum Gasteiger partial charge on any atom is 0.262 e. The van der Waals surface area contributed by atoms with Crippen molar-refractivity contribution in [1.29, 1.82) is 0 Å². The van der Waals surface area contributed by atoms with Crippen LogP contribution in [0.25, 0.3) is 10.9 Å². The van der Waals surface area contributed by atoms with E-state index < -0.39 is 11.9 Å². The summed E-state index contributed by atoms with van der Waals surface area (Å²) in [6.07, 6.45) is 3.24. The number of nitrogens with zero attached hydrogens (tertiary/aromatic N) is 2. The lowest BCUT2D eigenvalue weighted by molar-refractivity contribution is -0.671. The molecule has 2 heterocycles. The molecule has 35 heavy (non-hydrogen) atoms. The number of aliphatic carboxylic acids is 1. The molecule has 4 aromatic rings. The summed E-state index contributed by atoms with van der Waals surface area (Å²) in [5.41, 5.74) is 7.74. The van der Waals surface area contributed by atoms with Crippen molar-refractivity contribution in [2.24, 2.45) is 12.8 Å². The molecule has 8 nitrogen and oxygen atoms in total. The summed E-state index contributed by atoms with van der Waals surface area (Å²) >= 11 is 5.88. The SMILES string of the molecule is COc1ccc2c(c1)c(CC(=O)[O-])c(C)n2C(=O)c1ccc(Cl)cc1.C[n+]1cccc(C(N)=O)c1. The highest BCUT2D eigenvalue weighted by Crippen LogP contribution is 2.30. The van der Waals surface area contributed by atoms with Gasteiger partial charge in [0, 0.05) is 40.1 Å². The number of hydrogen-bond acceptors (Lipinski definition) is 5. The number of fused-ring (bicyclic) bond motifs is 1. The van der Waals surface area contributed by atoms with Crippen LogP contribution in [-0.4, -0.2) is 29.5 Å². The molecule has 180 valence electrons. The zero-order chi connectivity index (χ0) is 25.7. The quantitative estimate of drug-likeness (QED) is 0.427. The van der Waals surface area contributed by atoms with Crippen LogP contribution in [0.2, 0.25) is 5.02 Å². The van der Waals surface area contributed by atoms with E-state index in [0.717, 1.165) is 0 Å². The minimum atomic E-state index is -1.20. The smallest absolute Gasteiger partial charge is 0.262 e. The summed E-state index contributed by atoms with van der Waals surface area (Å²) in [4.78, 5) is 34.7. The second-order valence-electron chi connectivity index (χ2n) is 7.77. The lowest BCUT2D eigenvalue weighted by Crippen LogP contribution is -2.28. The standard InChI is InChI=1S/C19H16ClNO4.C7H8N2O/c1-11-15(10-18(22)23)16-9-14(25-2)7-8-17(16)21(11)19(24)12-3-5-13(20)6-4-12;1-9-4-2-3-6(5-9)7(8)10/h3-9H,10H2,1-2H3,(H,22,23);2-5H,1H3,(H-,8,10). The fourth-order valence-corrected chi connectivity index (χ4v) is 3.80. The predicted molar refractivity (Wildman–Crippen MR) is 129 cm³/mol. The number of amides is 1. The molecule has 2 aromatic heterocycles. The number of primary amides is 1. The Morgan fingerprint density at radius 1 is 1.09 bits per heavy atom. The molecule has 0 fully saturated rings. The van der Waals surface area contributed by atoms with Gasteiger partial charge in [0.05, 0.1) is 12.6 Å². The Balaban J connectivity index is 0.000000287. The first kappa shape index (κ1) is 25.5. The Morgan fingerprint density at radius 3 is 2.31 bits per heavy atom. The van der Waals surface area contributed by atoms with E-state index >= 15 is 0 Å². The molecule has 0 unspecified atom stereocenters. The number of nitrogens with two attached hydrogens (primary N) is 1. The van der Waals surface area contributed by atoms with Crippen LogP contribution in [-0.2, 0) is 18.3 Å². The van der Waals surface area contributed by atoms with Gasteiger partial charge in [-0.05, 0) is 61.0 Å². The van der Waals surface area contributed by atoms with Crippen LogP contribution in [0.1, 0.15) is 32.0 Å². The molecule has 4 rings (SSSR count). The summed E-state index contributed by atoms with van der Waals surface area (Å²) in [5, 5.41) is 12.3. The van der Waals surface area contributed by atoms with Gasteiger partial charge >= 0.3 is 0 Å². The van der Waals surface area contributed by atoms with Crippen molar-refractivity contribution >= 4 is 40.3 Å². The third kappa shape index (κ3) is 5.85. The first-order chi connectivity index (χ1) is 16.6. The lowest BCUT2D eigenvalue weighted by Gasteiger charge is -2.08. The van der Waals surface area contributed by atoms with E-state index in [4.69, 9.17) is 22.1 Å². The number of aryl methyl sites for hydroxylation is 1. The fourth-order valence-electron chi connectivity index (χ4n) is 3.67. The summed E-state index contributed by atoms with van der Waals surface area (Å²) in [6.45, 7) is 1.72. The molecule has 0 atom stereocenters. The van der Waals surface area contributed by atoms with Crippen molar-refractivity contribution < 1.29 is 28.8 Å². The lowest BCUT2D eigenvalue weighted by atomic mass is 10.1. The number of rotatable bonds is 5. The number of carboxylic acid groups (broad SMARTS) is 1. The number of benzene rings is 2. The van der Waals surface area contributed by atoms with Crippen molar-refractivity contribution in [3.8, 4) is 5.75 Å². The third-order valence-corrected chi connectivity index (χ3v) is 5.63. The molecule has 0 aliphatic heterocycles. The van der Waals surface area contributed by atoms with Gasteiger partial charge in [0.1, 0.15) is 18.4 Å². The number of halogens is 1. The molecular formula is C26H24ClN3O5. The predicted octanol–water partition coefficient (Wildman–Crippen LogP) is 2.20. The molecule has 0 radical (unpaired) electrons. The van der Waals surface area contributed by atoms with Crippen LogP contribution in [0, 0.1) is 6.92 Å². The first-order valence-electron chi connectivity index (χ1n) is 10.6. The van der Waals surface area contributed by atoms with Gasteiger partial charge in [0.2, 0.25) is 0 Å². The molecular weight excluding hydrogens is 470 g/mol. The maximum absolute atomic E-state index is 13.0. The van der Waals surface area contributed by atoms with Crippen LogP contribution in [0.3, 0.4) is 0 Å². The average molecular weight is 494 g/mol. The van der Waals surface area contributed by atoms with Crippen LogP contribution in [0.4, 0.5) is 0 Å². The van der Waals surface area contributed by atoms with Gasteiger partial charge in [0.15, 0.2) is 12.4 Å². The van der Waals surface area contributed by atoms with Crippen molar-refractivity contribution in [3.05, 3.63) is 94.4 Å². The molecule has 0 bridgehead atoms. The Labute approximate surface area is 207 Å². The average Bonchev–Trinajstić information content (AvgIpc) is 3.09. The van der Waals surface area contributed by atoms with Crippen molar-refractivity contribution in [3.63, 3.8) is 0 Å². The normalized spacial score (nSPS) is 10.4. The number of hydrogen-bond donors (Lipinski definition) is 1. The second-order valence-corrected chi connectivity index (χ2v) is 8.20. The summed E-state index contributed by atoms with van der Waals surface area (Å²) in [6, 6.07) is 15.2. The molecule has 2 N–H and O–H groups in total. The van der Waals surface area contributed by atoms with Crippen molar-refractivity contribution in [2.75, 3.05) is 7.11 Å². The number of methoxy groups -OCH3 is 1. The highest BCUT2D eigenvalue weighted by atomic mass is 35.5. The van der Waals surface area contributed by atoms with Gasteiger partial charge in [-0.2, -0.15) is 0 Å². The Morgan fingerprint density at radius 2 is 1.77 bits per heavy atom. The van der Waals surface area contributed by atoms with Gasteiger partial charge in [-0.15, -0.1) is 0 Å². The van der Waals surface area contributed by atoms with Crippen LogP contribution in [0.15, 0.2) is 67.0 Å². The Hall–Kier alpha value is -4.17. The van der Waals surface area contributed by atoms with Crippen LogP contribution < -0.4 is 20.1 Å². The van der Waals surface area contributed by atoms with Crippen molar-refractivity contribution in [2.45, 2.75) is 13.3 Å². The van der Waals surface area contributed by atoms with Crippen LogP contribution in [0.5, 0.6) is 5.75 Å². The van der Waals surface area contributed by atoms with Gasteiger partial charge < -0.3 is 20.4 Å². The topological polar surface area (TPSA) is 118 Å². The number of carbonyl (C=O) groups excluding carboxylic acids is 3. The minimum absolute atomic E-state index is 0.256. The van der Waals surface area contributed by atoms with Gasteiger partial charge in [-0.3, -0.25) is 14.2 Å². The highest BCUT2D eigenvalue weighted by Gasteiger charge is 2.20. The maximum atomic E-state index is 13.0. The molecule has 9 heteroatoms. The number of ether oxygens (including phenoxy) is 1. The number of pyridine rings is 1. The largest absolute Gasteiger partial charge is 0.550 e. The van der Waals surface area contributed by atoms with E-state index in [1.165, 1.54) is 11.7 Å². The molecule has 0 aliphatic rings. The molecule has 0 spiro atoms. The molecule has 2 aromatic carbocycles. The highest BCUT2D eigenvalue weighted by molar-refractivity contribution is 6.30. The van der Waals surface area contributed by atoms with Gasteiger partial charge in [0.25, 0.3) is 11.8 Å². The monoisotopic (exact) mass is 493 g/mol. The number of aromatic nitrogens is 2. The molecule has 0 saturated heterocycles. The Kier molecular flexibility index (Phi) is 7.88. The first-order valence-corrected chi connectivity index (χ1v) is 10.9. The zero-order valence-corrected chi connectivity index (χ0v) is 20.2. The van der Waals surface area contributed by atoms with E-state index in [9.17, 15) is 19.5 Å².